The monoisotopic (exact) mass is 522 g/mol. The number of fused-ring (bicyclic) bond motifs is 1. The molecule has 1 unspecified atom stereocenters. The molecule has 39 heavy (non-hydrogen) atoms. The van der Waals surface area contributed by atoms with Gasteiger partial charge < -0.3 is 15.5 Å². The summed E-state index contributed by atoms with van der Waals surface area (Å²) in [5.74, 6) is -0.0466. The molecule has 3 aromatic rings. The van der Waals surface area contributed by atoms with Gasteiger partial charge in [0.1, 0.15) is 0 Å². The second kappa shape index (κ2) is 12.1. The zero-order chi connectivity index (χ0) is 27.2. The quantitative estimate of drug-likeness (QED) is 0.407. The van der Waals surface area contributed by atoms with E-state index in [1.807, 2.05) is 79.7 Å². The number of rotatable bonds is 7. The number of carbonyl (C=O) groups excluding carboxylic acids is 3. The molecule has 0 bridgehead atoms. The third-order valence-electron chi connectivity index (χ3n) is 7.37. The van der Waals surface area contributed by atoms with Crippen molar-refractivity contribution >= 4 is 34.8 Å². The summed E-state index contributed by atoms with van der Waals surface area (Å²) in [6.07, 6.45) is 4.89. The third kappa shape index (κ3) is 6.42. The minimum atomic E-state index is -1.21. The van der Waals surface area contributed by atoms with E-state index in [1.54, 1.807) is 6.07 Å². The second-order valence-electron chi connectivity index (χ2n) is 10.4. The summed E-state index contributed by atoms with van der Waals surface area (Å²) in [5, 5.41) is 5.56. The molecule has 2 N–H and O–H groups in total. The Morgan fingerprint density at radius 1 is 0.923 bits per heavy atom. The topological polar surface area (TPSA) is 90.9 Å². The Hall–Kier alpha value is -4.26. The highest BCUT2D eigenvalue weighted by molar-refractivity contribution is 6.21. The van der Waals surface area contributed by atoms with Gasteiger partial charge in [0, 0.05) is 23.2 Å². The fourth-order valence-corrected chi connectivity index (χ4v) is 5.48. The van der Waals surface area contributed by atoms with Crippen LogP contribution in [0.15, 0.2) is 83.9 Å². The molecule has 200 valence electrons. The standard InChI is InChI=1S/C32H34N4O3/c1-22-11-10-16-25(19-22)33-32(39)35-30-31(38)36(21-26(37)20-23-12-4-2-5-13-23)28-18-9-8-17-27(28)29(34-30)24-14-6-3-7-15-24/h3,6-11,14-19,23,30H,2,4-5,12-13,20-21H2,1H3,(H2,33,35,39). The highest BCUT2D eigenvalue weighted by atomic mass is 16.2. The van der Waals surface area contributed by atoms with Gasteiger partial charge in [0.15, 0.2) is 5.78 Å². The molecule has 1 aliphatic heterocycles. The zero-order valence-corrected chi connectivity index (χ0v) is 22.2. The van der Waals surface area contributed by atoms with Gasteiger partial charge in [0.05, 0.1) is 17.9 Å². The zero-order valence-electron chi connectivity index (χ0n) is 22.2. The van der Waals surface area contributed by atoms with Gasteiger partial charge in [-0.3, -0.25) is 9.59 Å². The molecule has 0 spiro atoms. The predicted molar refractivity (Wildman–Crippen MR) is 154 cm³/mol. The van der Waals surface area contributed by atoms with Gasteiger partial charge in [0.2, 0.25) is 6.17 Å². The molecule has 1 aliphatic carbocycles. The number of nitrogens with one attached hydrogen (secondary N) is 2. The van der Waals surface area contributed by atoms with Crippen LogP contribution in [0, 0.1) is 12.8 Å². The normalized spacial score (nSPS) is 17.6. The Morgan fingerprint density at radius 3 is 2.44 bits per heavy atom. The van der Waals surface area contributed by atoms with Crippen molar-refractivity contribution in [3.8, 4) is 0 Å². The number of urea groups is 1. The summed E-state index contributed by atoms with van der Waals surface area (Å²) in [5.41, 5.74) is 4.38. The first-order valence-electron chi connectivity index (χ1n) is 13.7. The number of Topliss-reactive ketones (excluding diaryl/α,β-unsaturated/α-hetero) is 1. The van der Waals surface area contributed by atoms with E-state index in [0.29, 0.717) is 29.4 Å². The van der Waals surface area contributed by atoms with Crippen LogP contribution in [-0.4, -0.2) is 36.1 Å². The number of hydrogen-bond acceptors (Lipinski definition) is 4. The van der Waals surface area contributed by atoms with Crippen molar-refractivity contribution in [2.24, 2.45) is 10.9 Å². The molecule has 0 aromatic heterocycles. The fraction of sp³-hybridized carbons (Fsp3) is 0.312. The van der Waals surface area contributed by atoms with E-state index in [1.165, 1.54) is 11.3 Å². The van der Waals surface area contributed by atoms with E-state index in [-0.39, 0.29) is 12.3 Å². The maximum Gasteiger partial charge on any atom is 0.321 e. The van der Waals surface area contributed by atoms with Gasteiger partial charge in [-0.2, -0.15) is 0 Å². The summed E-state index contributed by atoms with van der Waals surface area (Å²) in [4.78, 5) is 46.6. The number of carbonyl (C=O) groups is 3. The largest absolute Gasteiger partial charge is 0.321 e. The lowest BCUT2D eigenvalue weighted by Gasteiger charge is -2.26. The highest BCUT2D eigenvalue weighted by Gasteiger charge is 2.34. The number of hydrogen-bond donors (Lipinski definition) is 2. The van der Waals surface area contributed by atoms with Crippen molar-refractivity contribution in [3.05, 3.63) is 95.6 Å². The van der Waals surface area contributed by atoms with Crippen molar-refractivity contribution in [1.29, 1.82) is 0 Å². The van der Waals surface area contributed by atoms with E-state index in [0.717, 1.165) is 42.4 Å². The number of benzene rings is 3. The molecule has 1 saturated carbocycles. The van der Waals surface area contributed by atoms with Crippen molar-refractivity contribution in [2.45, 2.75) is 51.6 Å². The molecule has 1 heterocycles. The summed E-state index contributed by atoms with van der Waals surface area (Å²) in [6.45, 7) is 1.88. The van der Waals surface area contributed by atoms with E-state index >= 15 is 0 Å². The van der Waals surface area contributed by atoms with Crippen LogP contribution in [-0.2, 0) is 9.59 Å². The van der Waals surface area contributed by atoms with Crippen LogP contribution in [0.3, 0.4) is 0 Å². The number of nitrogens with zero attached hydrogens (tertiary/aromatic N) is 2. The van der Waals surface area contributed by atoms with Crippen LogP contribution in [0.2, 0.25) is 0 Å². The average molecular weight is 523 g/mol. The summed E-state index contributed by atoms with van der Waals surface area (Å²) < 4.78 is 0. The minimum absolute atomic E-state index is 0.0242. The first kappa shape index (κ1) is 26.4. The lowest BCUT2D eigenvalue weighted by atomic mass is 9.86. The van der Waals surface area contributed by atoms with E-state index in [4.69, 9.17) is 4.99 Å². The molecule has 5 rings (SSSR count). The SMILES string of the molecule is Cc1cccc(NC(=O)NC2N=C(c3ccccc3)c3ccccc3N(CC(=O)CC3CCCCC3)C2=O)c1. The molecule has 3 amide bonds. The number of aliphatic imine (C=N–C) groups is 1. The van der Waals surface area contributed by atoms with Crippen LogP contribution in [0.25, 0.3) is 0 Å². The maximum atomic E-state index is 14.0. The van der Waals surface area contributed by atoms with Crippen LogP contribution in [0.1, 0.15) is 55.2 Å². The van der Waals surface area contributed by atoms with Crippen LogP contribution < -0.4 is 15.5 Å². The molecular weight excluding hydrogens is 488 g/mol. The van der Waals surface area contributed by atoms with Crippen molar-refractivity contribution in [1.82, 2.24) is 5.32 Å². The minimum Gasteiger partial charge on any atom is -0.308 e. The molecule has 2 aliphatic rings. The van der Waals surface area contributed by atoms with Crippen LogP contribution in [0.4, 0.5) is 16.2 Å². The van der Waals surface area contributed by atoms with Crippen LogP contribution in [0.5, 0.6) is 0 Å². The number of benzodiazepines with no additional fused rings is 1. The lowest BCUT2D eigenvalue weighted by molar-refractivity contribution is -0.124. The Bertz CT molecular complexity index is 1380. The van der Waals surface area contributed by atoms with Crippen molar-refractivity contribution < 1.29 is 14.4 Å². The maximum absolute atomic E-state index is 14.0. The van der Waals surface area contributed by atoms with Crippen molar-refractivity contribution in [3.63, 3.8) is 0 Å². The highest BCUT2D eigenvalue weighted by Crippen LogP contribution is 2.30. The van der Waals surface area contributed by atoms with Gasteiger partial charge in [-0.15, -0.1) is 0 Å². The molecule has 3 aromatic carbocycles. The Kier molecular flexibility index (Phi) is 8.16. The first-order valence-corrected chi connectivity index (χ1v) is 13.7. The molecule has 7 nitrogen and oxygen atoms in total. The van der Waals surface area contributed by atoms with E-state index in [9.17, 15) is 14.4 Å². The summed E-state index contributed by atoms with van der Waals surface area (Å²) >= 11 is 0. The van der Waals surface area contributed by atoms with Gasteiger partial charge in [-0.25, -0.2) is 9.79 Å². The van der Waals surface area contributed by atoms with Gasteiger partial charge in [0.25, 0.3) is 5.91 Å². The predicted octanol–water partition coefficient (Wildman–Crippen LogP) is 5.87. The third-order valence-corrected chi connectivity index (χ3v) is 7.37. The van der Waals surface area contributed by atoms with Gasteiger partial charge >= 0.3 is 6.03 Å². The molecule has 0 saturated heterocycles. The molecular formula is C32H34N4O3. The van der Waals surface area contributed by atoms with E-state index in [2.05, 4.69) is 10.6 Å². The number of anilines is 2. The summed E-state index contributed by atoms with van der Waals surface area (Å²) in [7, 11) is 0. The number of ketones is 1. The van der Waals surface area contributed by atoms with Crippen molar-refractivity contribution in [2.75, 3.05) is 16.8 Å². The smallest absolute Gasteiger partial charge is 0.308 e. The molecule has 7 heteroatoms. The van der Waals surface area contributed by atoms with E-state index < -0.39 is 18.1 Å². The number of aryl methyl sites for hydroxylation is 1. The fourth-order valence-electron chi connectivity index (χ4n) is 5.48. The number of para-hydroxylation sites is 1. The summed E-state index contributed by atoms with van der Waals surface area (Å²) in [6, 6.07) is 23.9. The molecule has 1 fully saturated rings. The molecule has 0 radical (unpaired) electrons. The molecule has 1 atom stereocenters. The van der Waals surface area contributed by atoms with Gasteiger partial charge in [-0.05, 0) is 36.6 Å². The Balaban J connectivity index is 1.47. The Labute approximate surface area is 229 Å². The second-order valence-corrected chi connectivity index (χ2v) is 10.4. The average Bonchev–Trinajstić information content (AvgIpc) is 3.05. The van der Waals surface area contributed by atoms with Gasteiger partial charge in [-0.1, -0.05) is 92.8 Å². The number of amides is 3. The van der Waals surface area contributed by atoms with Crippen LogP contribution >= 0.6 is 0 Å². The lowest BCUT2D eigenvalue weighted by Crippen LogP contribution is -2.50. The Morgan fingerprint density at radius 2 is 1.67 bits per heavy atom. The first-order chi connectivity index (χ1) is 19.0.